The van der Waals surface area contributed by atoms with Crippen LogP contribution in [-0.2, 0) is 13.8 Å². The van der Waals surface area contributed by atoms with Crippen molar-refractivity contribution in [3.8, 4) is 0 Å². The lowest BCUT2D eigenvalue weighted by atomic mass is 10.00. The van der Waals surface area contributed by atoms with Crippen molar-refractivity contribution in [1.82, 2.24) is 0 Å². The van der Waals surface area contributed by atoms with Crippen molar-refractivity contribution < 1.29 is 44.0 Å². The molecule has 5 N–H and O–H groups in total. The summed E-state index contributed by atoms with van der Waals surface area (Å²) in [6, 6.07) is 0. The van der Waals surface area contributed by atoms with E-state index in [1.165, 1.54) is 0 Å². The van der Waals surface area contributed by atoms with Gasteiger partial charge < -0.3 is 34.9 Å². The summed E-state index contributed by atoms with van der Waals surface area (Å²) in [5.74, 6) is 0. The minimum Gasteiger partial charge on any atom is -0.756 e. The first-order valence-corrected chi connectivity index (χ1v) is 5.78. The van der Waals surface area contributed by atoms with Crippen molar-refractivity contribution in [2.45, 2.75) is 30.7 Å². The molecule has 9 nitrogen and oxygen atoms in total. The molecule has 0 spiro atoms. The summed E-state index contributed by atoms with van der Waals surface area (Å²) in [7, 11) is -5.16. The molecule has 1 aliphatic rings. The van der Waals surface area contributed by atoms with Gasteiger partial charge in [-0.3, -0.25) is 9.09 Å². The van der Waals surface area contributed by atoms with Gasteiger partial charge in [-0.15, -0.1) is 0 Å². The van der Waals surface area contributed by atoms with Crippen LogP contribution in [0.4, 0.5) is 0 Å². The third-order valence-electron chi connectivity index (χ3n) is 2.09. The Bertz CT molecular complexity index is 275. The van der Waals surface area contributed by atoms with Crippen molar-refractivity contribution in [3.63, 3.8) is 0 Å². The van der Waals surface area contributed by atoms with Crippen LogP contribution < -0.4 is 4.89 Å². The topological polar surface area (TPSA) is 160 Å². The van der Waals surface area contributed by atoms with E-state index < -0.39 is 45.1 Å². The normalized spacial score (nSPS) is 44.0. The zero-order chi connectivity index (χ0) is 12.5. The van der Waals surface area contributed by atoms with Crippen LogP contribution in [0.25, 0.3) is 0 Å². The van der Waals surface area contributed by atoms with Gasteiger partial charge in [0, 0.05) is 0 Å². The Balaban J connectivity index is 2.75. The Morgan fingerprint density at radius 2 is 1.81 bits per heavy atom. The van der Waals surface area contributed by atoms with E-state index in [4.69, 9.17) is 10.00 Å². The predicted octanol–water partition coefficient (Wildman–Crippen LogP) is -3.74. The van der Waals surface area contributed by atoms with Gasteiger partial charge in [0.15, 0.2) is 6.29 Å². The first kappa shape index (κ1) is 14.0. The van der Waals surface area contributed by atoms with Gasteiger partial charge in [0.05, 0.1) is 6.61 Å². The van der Waals surface area contributed by atoms with Crippen LogP contribution in [0.3, 0.4) is 0 Å². The zero-order valence-corrected chi connectivity index (χ0v) is 8.80. The highest BCUT2D eigenvalue weighted by Crippen LogP contribution is 2.36. The summed E-state index contributed by atoms with van der Waals surface area (Å²) in [6.07, 6.45) is -8.43. The highest BCUT2D eigenvalue weighted by Gasteiger charge is 2.45. The Hall–Kier alpha value is -0.0900. The molecule has 0 radical (unpaired) electrons. The average Bonchev–Trinajstić information content (AvgIpc) is 2.17. The van der Waals surface area contributed by atoms with Gasteiger partial charge in [0.1, 0.15) is 24.4 Å². The number of ether oxygens (including phenoxy) is 1. The van der Waals surface area contributed by atoms with Crippen LogP contribution in [0, 0.1) is 0 Å². The van der Waals surface area contributed by atoms with E-state index in [1.54, 1.807) is 0 Å². The maximum Gasteiger partial charge on any atom is 0.267 e. The van der Waals surface area contributed by atoms with Gasteiger partial charge in [0.25, 0.3) is 7.82 Å². The first-order chi connectivity index (χ1) is 7.26. The number of phosphoric ester groups is 1. The van der Waals surface area contributed by atoms with Crippen LogP contribution in [0.2, 0.25) is 0 Å². The molecule has 1 heterocycles. The molecule has 3 unspecified atom stereocenters. The lowest BCUT2D eigenvalue weighted by Crippen LogP contribution is -2.59. The molecule has 0 bridgehead atoms. The molecule has 16 heavy (non-hydrogen) atoms. The number of rotatable bonds is 3. The van der Waals surface area contributed by atoms with Crippen LogP contribution in [0.1, 0.15) is 0 Å². The molecule has 96 valence electrons. The maximum absolute atomic E-state index is 10.4. The van der Waals surface area contributed by atoms with Crippen LogP contribution in [0.5, 0.6) is 0 Å². The minimum absolute atomic E-state index is 0.723. The van der Waals surface area contributed by atoms with E-state index in [2.05, 4.69) is 9.26 Å². The summed E-state index contributed by atoms with van der Waals surface area (Å²) in [6.45, 7) is -0.723. The second-order valence-electron chi connectivity index (χ2n) is 3.27. The highest BCUT2D eigenvalue weighted by atomic mass is 31.2. The lowest BCUT2D eigenvalue weighted by Gasteiger charge is -2.40. The van der Waals surface area contributed by atoms with E-state index in [-0.39, 0.29) is 0 Å². The molecule has 0 aromatic rings. The fraction of sp³-hybridized carbons (Fsp3) is 1.00. The number of aliphatic hydroxyl groups is 4. The molecule has 1 aliphatic heterocycles. The Morgan fingerprint density at radius 1 is 1.25 bits per heavy atom. The predicted molar refractivity (Wildman–Crippen MR) is 44.7 cm³/mol. The van der Waals surface area contributed by atoms with E-state index >= 15 is 0 Å². The zero-order valence-electron chi connectivity index (χ0n) is 7.91. The summed E-state index contributed by atoms with van der Waals surface area (Å²) in [5.41, 5.74) is 0. The monoisotopic (exact) mass is 259 g/mol. The molecular weight excluding hydrogens is 247 g/mol. The average molecular weight is 259 g/mol. The van der Waals surface area contributed by atoms with Gasteiger partial charge in [-0.1, -0.05) is 0 Å². The molecule has 0 aliphatic carbocycles. The van der Waals surface area contributed by atoms with Crippen LogP contribution in [0.15, 0.2) is 0 Å². The number of hydrogen-bond donors (Lipinski definition) is 5. The Kier molecular flexibility index (Phi) is 4.41. The van der Waals surface area contributed by atoms with Gasteiger partial charge in [-0.25, -0.2) is 0 Å². The SMILES string of the molecule is O=P([O-])(O)O[C@H]1OC(CO)[C@@H](O)[C@@H](O)C1O. The molecule has 1 saturated heterocycles. The van der Waals surface area contributed by atoms with Crippen molar-refractivity contribution in [2.75, 3.05) is 6.61 Å². The molecular formula is C6H12O9P-. The van der Waals surface area contributed by atoms with Crippen LogP contribution in [-0.4, -0.2) is 62.6 Å². The second-order valence-corrected chi connectivity index (χ2v) is 4.42. The first-order valence-electron chi connectivity index (χ1n) is 4.29. The van der Waals surface area contributed by atoms with E-state index in [9.17, 15) is 24.8 Å². The fourth-order valence-electron chi connectivity index (χ4n) is 1.29. The van der Waals surface area contributed by atoms with Gasteiger partial charge in [0.2, 0.25) is 0 Å². The number of phosphoric acid groups is 1. The molecule has 10 heteroatoms. The second kappa shape index (κ2) is 5.05. The standard InChI is InChI=1S/C6H13O9P/c7-1-2-3(8)4(9)5(10)6(14-2)15-16(11,12)13/h2-10H,1H2,(H2,11,12,13)/p-1/t2?,3-,4-,5?,6-/m1/s1. The molecule has 0 saturated carbocycles. The fourth-order valence-corrected chi connectivity index (χ4v) is 1.72. The molecule has 1 rings (SSSR count). The van der Waals surface area contributed by atoms with Gasteiger partial charge in [-0.05, 0) is 0 Å². The highest BCUT2D eigenvalue weighted by molar-refractivity contribution is 7.44. The largest absolute Gasteiger partial charge is 0.756 e. The summed E-state index contributed by atoms with van der Waals surface area (Å²) in [4.78, 5) is 18.8. The number of aliphatic hydroxyl groups excluding tert-OH is 4. The number of hydrogen-bond acceptors (Lipinski definition) is 8. The van der Waals surface area contributed by atoms with Gasteiger partial charge in [-0.2, -0.15) is 0 Å². The molecule has 0 amide bonds. The van der Waals surface area contributed by atoms with Crippen molar-refractivity contribution in [1.29, 1.82) is 0 Å². The minimum atomic E-state index is -5.16. The van der Waals surface area contributed by atoms with Crippen molar-refractivity contribution in [2.24, 2.45) is 0 Å². The van der Waals surface area contributed by atoms with E-state index in [1.807, 2.05) is 0 Å². The quantitative estimate of drug-likeness (QED) is 0.321. The smallest absolute Gasteiger partial charge is 0.267 e. The molecule has 0 aromatic heterocycles. The van der Waals surface area contributed by atoms with E-state index in [0.717, 1.165) is 0 Å². The third-order valence-corrected chi connectivity index (χ3v) is 2.56. The lowest BCUT2D eigenvalue weighted by molar-refractivity contribution is -0.302. The third kappa shape index (κ3) is 3.20. The van der Waals surface area contributed by atoms with Crippen molar-refractivity contribution >= 4 is 7.82 Å². The molecule has 1 fully saturated rings. The Labute approximate surface area is 90.1 Å². The maximum atomic E-state index is 10.4. The van der Waals surface area contributed by atoms with E-state index in [0.29, 0.717) is 0 Å². The molecule has 0 aromatic carbocycles. The summed E-state index contributed by atoms with van der Waals surface area (Å²) in [5, 5.41) is 36.5. The van der Waals surface area contributed by atoms with Crippen molar-refractivity contribution in [3.05, 3.63) is 0 Å². The summed E-state index contributed by atoms with van der Waals surface area (Å²) < 4.78 is 19.0. The van der Waals surface area contributed by atoms with Gasteiger partial charge >= 0.3 is 0 Å². The van der Waals surface area contributed by atoms with Crippen LogP contribution >= 0.6 is 7.82 Å². The molecule has 6 atom stereocenters. The summed E-state index contributed by atoms with van der Waals surface area (Å²) >= 11 is 0. The Morgan fingerprint density at radius 3 is 2.25 bits per heavy atom.